The fourth-order valence-corrected chi connectivity index (χ4v) is 6.24. The molecule has 1 amide bonds. The Hall–Kier alpha value is -3.73. The van der Waals surface area contributed by atoms with Crippen molar-refractivity contribution in [3.63, 3.8) is 0 Å². The summed E-state index contributed by atoms with van der Waals surface area (Å²) in [7, 11) is 0. The van der Waals surface area contributed by atoms with Gasteiger partial charge < -0.3 is 4.74 Å². The molecule has 0 bridgehead atoms. The van der Waals surface area contributed by atoms with Crippen LogP contribution in [0.1, 0.15) is 11.1 Å². The Labute approximate surface area is 245 Å². The number of carbonyl (C=O) groups excluding carboxylic acids is 1. The largest absolute Gasteiger partial charge is 0.487 e. The van der Waals surface area contributed by atoms with Crippen LogP contribution in [0.15, 0.2) is 116 Å². The quantitative estimate of drug-likeness (QED) is 0.112. The summed E-state index contributed by atoms with van der Waals surface area (Å²) in [4.78, 5) is 30.9. The number of halogens is 2. The molecule has 0 aromatic heterocycles. The molecule has 4 aromatic carbocycles. The summed E-state index contributed by atoms with van der Waals surface area (Å²) in [6.45, 7) is 0.231. The fraction of sp³-hybridized carbons (Fsp3) is 0.0345. The Kier molecular flexibility index (Phi) is 8.25. The first-order valence-corrected chi connectivity index (χ1v) is 14.1. The normalized spacial score (nSPS) is 15.2. The molecule has 1 aliphatic rings. The van der Waals surface area contributed by atoms with E-state index in [2.05, 4.69) is 31.9 Å². The average Bonchev–Trinajstić information content (AvgIpc) is 3.23. The maximum absolute atomic E-state index is 13.5. The SMILES string of the molecule is O=C1/C(=C\c2cc(Br)c(OCc3ccc([N+](=O)[O-])cc3)c(Br)c2)SC(=Nc2ccccc2)N1c1ccccc1. The van der Waals surface area contributed by atoms with E-state index < -0.39 is 4.92 Å². The highest BCUT2D eigenvalue weighted by atomic mass is 79.9. The maximum Gasteiger partial charge on any atom is 0.271 e. The van der Waals surface area contributed by atoms with E-state index in [1.165, 1.54) is 23.9 Å². The molecule has 7 nitrogen and oxygen atoms in total. The van der Waals surface area contributed by atoms with Crippen LogP contribution in [-0.4, -0.2) is 16.0 Å². The van der Waals surface area contributed by atoms with Crippen LogP contribution in [-0.2, 0) is 11.4 Å². The van der Waals surface area contributed by atoms with Gasteiger partial charge >= 0.3 is 0 Å². The van der Waals surface area contributed by atoms with Gasteiger partial charge in [-0.1, -0.05) is 36.4 Å². The molecule has 0 spiro atoms. The topological polar surface area (TPSA) is 85.0 Å². The molecular weight excluding hydrogens is 646 g/mol. The lowest BCUT2D eigenvalue weighted by Crippen LogP contribution is -2.28. The molecule has 0 radical (unpaired) electrons. The van der Waals surface area contributed by atoms with Crippen molar-refractivity contribution in [2.24, 2.45) is 4.99 Å². The van der Waals surface area contributed by atoms with Gasteiger partial charge in [-0.15, -0.1) is 0 Å². The highest BCUT2D eigenvalue weighted by Gasteiger charge is 2.34. The van der Waals surface area contributed by atoms with Crippen LogP contribution in [0.3, 0.4) is 0 Å². The Morgan fingerprint density at radius 2 is 1.54 bits per heavy atom. The zero-order chi connectivity index (χ0) is 27.4. The van der Waals surface area contributed by atoms with Crippen LogP contribution in [0.5, 0.6) is 5.75 Å². The van der Waals surface area contributed by atoms with Gasteiger partial charge in [0.15, 0.2) is 5.17 Å². The molecule has 4 aromatic rings. The summed E-state index contributed by atoms with van der Waals surface area (Å²) < 4.78 is 7.36. The number of hydrogen-bond donors (Lipinski definition) is 0. The number of nitro benzene ring substituents is 1. The van der Waals surface area contributed by atoms with Crippen molar-refractivity contribution in [1.29, 1.82) is 0 Å². The molecule has 1 aliphatic heterocycles. The average molecular weight is 665 g/mol. The van der Waals surface area contributed by atoms with Gasteiger partial charge in [0.25, 0.3) is 11.6 Å². The number of amidine groups is 1. The molecule has 0 saturated carbocycles. The van der Waals surface area contributed by atoms with Gasteiger partial charge in [-0.3, -0.25) is 19.8 Å². The molecule has 1 fully saturated rings. The second kappa shape index (κ2) is 12.0. The van der Waals surface area contributed by atoms with Gasteiger partial charge in [-0.05, 0) is 109 Å². The van der Waals surface area contributed by atoms with Crippen molar-refractivity contribution < 1.29 is 14.5 Å². The first kappa shape index (κ1) is 26.9. The number of thioether (sulfide) groups is 1. The molecule has 0 N–H and O–H groups in total. The zero-order valence-corrected chi connectivity index (χ0v) is 24.1. The lowest BCUT2D eigenvalue weighted by molar-refractivity contribution is -0.384. The summed E-state index contributed by atoms with van der Waals surface area (Å²) in [5.41, 5.74) is 3.12. The lowest BCUT2D eigenvalue weighted by atomic mass is 10.2. The van der Waals surface area contributed by atoms with Crippen molar-refractivity contribution in [3.05, 3.63) is 132 Å². The highest BCUT2D eigenvalue weighted by Crippen LogP contribution is 2.40. The molecule has 0 atom stereocenters. The Morgan fingerprint density at radius 3 is 2.15 bits per heavy atom. The number of benzene rings is 4. The minimum atomic E-state index is -0.437. The summed E-state index contributed by atoms with van der Waals surface area (Å²) in [5, 5.41) is 11.4. The molecule has 0 unspecified atom stereocenters. The van der Waals surface area contributed by atoms with E-state index in [4.69, 9.17) is 9.73 Å². The standard InChI is InChI=1S/C29H19Br2N3O4S/c30-24-15-20(16-25(31)27(24)38-18-19-11-13-23(14-12-19)34(36)37)17-26-28(35)33(22-9-5-2-6-10-22)29(39-26)32-21-7-3-1-4-8-21/h1-17H,18H2/b26-17+,32-29?. The molecule has 1 saturated heterocycles. The van der Waals surface area contributed by atoms with E-state index in [1.54, 1.807) is 17.0 Å². The number of rotatable bonds is 7. The third kappa shape index (κ3) is 6.30. The van der Waals surface area contributed by atoms with Gasteiger partial charge in [-0.2, -0.15) is 0 Å². The van der Waals surface area contributed by atoms with E-state index in [1.807, 2.05) is 78.9 Å². The number of carbonyl (C=O) groups is 1. The van der Waals surface area contributed by atoms with Crippen LogP contribution >= 0.6 is 43.6 Å². The number of nitrogens with zero attached hydrogens (tertiary/aromatic N) is 3. The van der Waals surface area contributed by atoms with E-state index in [0.717, 1.165) is 22.5 Å². The minimum Gasteiger partial charge on any atom is -0.487 e. The Morgan fingerprint density at radius 1 is 0.923 bits per heavy atom. The van der Waals surface area contributed by atoms with Crippen LogP contribution in [0.2, 0.25) is 0 Å². The van der Waals surface area contributed by atoms with Crippen molar-refractivity contribution in [3.8, 4) is 5.75 Å². The fourth-order valence-electron chi connectivity index (χ4n) is 3.79. The Balaban J connectivity index is 1.40. The number of nitro groups is 1. The maximum atomic E-state index is 13.5. The zero-order valence-electron chi connectivity index (χ0n) is 20.2. The van der Waals surface area contributed by atoms with Crippen LogP contribution < -0.4 is 9.64 Å². The van der Waals surface area contributed by atoms with Gasteiger partial charge in [0.1, 0.15) is 12.4 Å². The molecular formula is C29H19Br2N3O4S. The number of hydrogen-bond acceptors (Lipinski definition) is 6. The van der Waals surface area contributed by atoms with Crippen molar-refractivity contribution in [1.82, 2.24) is 0 Å². The summed E-state index contributed by atoms with van der Waals surface area (Å²) >= 11 is 8.46. The second-order valence-corrected chi connectivity index (χ2v) is 11.1. The summed E-state index contributed by atoms with van der Waals surface area (Å²) in [6.07, 6.45) is 1.83. The number of ether oxygens (including phenoxy) is 1. The van der Waals surface area contributed by atoms with Crippen LogP contribution in [0.4, 0.5) is 17.1 Å². The van der Waals surface area contributed by atoms with E-state index in [0.29, 0.717) is 24.8 Å². The number of non-ortho nitro benzene ring substituents is 1. The van der Waals surface area contributed by atoms with Gasteiger partial charge in [0.2, 0.25) is 0 Å². The number of para-hydroxylation sites is 2. The predicted octanol–water partition coefficient (Wildman–Crippen LogP) is 8.51. The number of amides is 1. The second-order valence-electron chi connectivity index (χ2n) is 8.34. The number of anilines is 1. The molecule has 194 valence electrons. The monoisotopic (exact) mass is 663 g/mol. The van der Waals surface area contributed by atoms with E-state index in [-0.39, 0.29) is 18.2 Å². The first-order valence-electron chi connectivity index (χ1n) is 11.7. The van der Waals surface area contributed by atoms with Crippen LogP contribution in [0, 0.1) is 10.1 Å². The van der Waals surface area contributed by atoms with E-state index in [9.17, 15) is 14.9 Å². The van der Waals surface area contributed by atoms with Crippen LogP contribution in [0.25, 0.3) is 6.08 Å². The Bertz CT molecular complexity index is 1570. The first-order chi connectivity index (χ1) is 18.9. The van der Waals surface area contributed by atoms with Gasteiger partial charge in [-0.25, -0.2) is 4.99 Å². The summed E-state index contributed by atoms with van der Waals surface area (Å²) in [6, 6.07) is 28.9. The van der Waals surface area contributed by atoms with Crippen molar-refractivity contribution >= 4 is 77.8 Å². The molecule has 1 heterocycles. The smallest absolute Gasteiger partial charge is 0.271 e. The van der Waals surface area contributed by atoms with E-state index >= 15 is 0 Å². The minimum absolute atomic E-state index is 0.0284. The molecule has 0 aliphatic carbocycles. The predicted molar refractivity (Wildman–Crippen MR) is 162 cm³/mol. The molecule has 5 rings (SSSR count). The van der Waals surface area contributed by atoms with Gasteiger partial charge in [0.05, 0.1) is 30.1 Å². The molecule has 10 heteroatoms. The van der Waals surface area contributed by atoms with Crippen molar-refractivity contribution in [2.45, 2.75) is 6.61 Å². The summed E-state index contributed by atoms with van der Waals surface area (Å²) in [5.74, 6) is 0.421. The highest BCUT2D eigenvalue weighted by molar-refractivity contribution is 9.11. The van der Waals surface area contributed by atoms with Gasteiger partial charge in [0, 0.05) is 12.1 Å². The lowest BCUT2D eigenvalue weighted by Gasteiger charge is -2.15. The third-order valence-electron chi connectivity index (χ3n) is 5.65. The molecule has 39 heavy (non-hydrogen) atoms. The number of aliphatic imine (C=N–C) groups is 1. The third-order valence-corrected chi connectivity index (χ3v) is 7.80. The van der Waals surface area contributed by atoms with Crippen molar-refractivity contribution in [2.75, 3.05) is 4.90 Å².